The van der Waals surface area contributed by atoms with Crippen LogP contribution in [0.5, 0.6) is 0 Å². The summed E-state index contributed by atoms with van der Waals surface area (Å²) in [7, 11) is 0. The molecule has 1 aliphatic carbocycles. The van der Waals surface area contributed by atoms with E-state index in [2.05, 4.69) is 41.4 Å². The maximum atomic E-state index is 12.5. The van der Waals surface area contributed by atoms with Crippen molar-refractivity contribution >= 4 is 56.5 Å². The molecule has 0 radical (unpaired) electrons. The van der Waals surface area contributed by atoms with Gasteiger partial charge in [-0.3, -0.25) is 9.59 Å². The molecule has 0 aliphatic heterocycles. The molecule has 6 nitrogen and oxygen atoms in total. The molecule has 168 valence electrons. The molecule has 1 aromatic carbocycles. The van der Waals surface area contributed by atoms with Crippen molar-refractivity contribution in [3.05, 3.63) is 41.0 Å². The fourth-order valence-corrected chi connectivity index (χ4v) is 6.26. The first-order valence-electron chi connectivity index (χ1n) is 10.8. The molecule has 3 aromatic rings. The Bertz CT molecular complexity index is 1150. The Balaban J connectivity index is 1.44. The first-order valence-corrected chi connectivity index (χ1v) is 12.6. The number of aromatic nitrogens is 2. The van der Waals surface area contributed by atoms with Crippen molar-refractivity contribution < 1.29 is 9.59 Å². The van der Waals surface area contributed by atoms with Crippen molar-refractivity contribution in [2.45, 2.75) is 52.0 Å². The zero-order valence-electron chi connectivity index (χ0n) is 18.8. The highest BCUT2D eigenvalue weighted by molar-refractivity contribution is 8.00. The normalized spacial score (nSPS) is 15.9. The van der Waals surface area contributed by atoms with Crippen molar-refractivity contribution in [2.24, 2.45) is 11.3 Å². The van der Waals surface area contributed by atoms with Crippen LogP contribution in [0.25, 0.3) is 10.2 Å². The van der Waals surface area contributed by atoms with Crippen LogP contribution in [0.3, 0.4) is 0 Å². The standard InChI is InChI=1S/C24H28N4O2S2/c1-14(29)27-16-6-8-17(9-7-16)28-20(30)12-31-22-21-18-10-5-15(24(2,3)4)11-19(18)32-23(21)26-13-25-22/h6-9,13,15H,5,10-12H2,1-4H3,(H,27,29)(H,28,30)/t15-/m0/s1. The molecule has 1 aliphatic rings. The van der Waals surface area contributed by atoms with E-state index >= 15 is 0 Å². The lowest BCUT2D eigenvalue weighted by atomic mass is 9.72. The van der Waals surface area contributed by atoms with Gasteiger partial charge in [-0.25, -0.2) is 9.97 Å². The number of nitrogens with one attached hydrogen (secondary N) is 2. The van der Waals surface area contributed by atoms with Gasteiger partial charge in [-0.15, -0.1) is 11.3 Å². The molecule has 0 fully saturated rings. The Labute approximate surface area is 196 Å². The van der Waals surface area contributed by atoms with E-state index in [1.165, 1.54) is 35.5 Å². The number of benzene rings is 1. The van der Waals surface area contributed by atoms with Crippen LogP contribution in [0.2, 0.25) is 0 Å². The number of anilines is 2. The smallest absolute Gasteiger partial charge is 0.234 e. The van der Waals surface area contributed by atoms with Crippen molar-refractivity contribution in [1.82, 2.24) is 9.97 Å². The minimum atomic E-state index is -0.126. The second kappa shape index (κ2) is 9.19. The zero-order valence-corrected chi connectivity index (χ0v) is 20.5. The Hall–Kier alpha value is -2.45. The lowest BCUT2D eigenvalue weighted by Gasteiger charge is -2.33. The molecule has 2 N–H and O–H groups in total. The molecule has 8 heteroatoms. The highest BCUT2D eigenvalue weighted by Crippen LogP contribution is 2.44. The van der Waals surface area contributed by atoms with Crippen LogP contribution >= 0.6 is 23.1 Å². The van der Waals surface area contributed by atoms with Crippen LogP contribution in [0.4, 0.5) is 11.4 Å². The number of thioether (sulfide) groups is 1. The third-order valence-corrected chi connectivity index (χ3v) is 8.02. The van der Waals surface area contributed by atoms with E-state index in [1.807, 2.05) is 0 Å². The van der Waals surface area contributed by atoms with E-state index in [9.17, 15) is 9.59 Å². The van der Waals surface area contributed by atoms with Crippen molar-refractivity contribution in [3.63, 3.8) is 0 Å². The molecular formula is C24H28N4O2S2. The summed E-state index contributed by atoms with van der Waals surface area (Å²) in [6.07, 6.45) is 4.92. The Morgan fingerprint density at radius 2 is 1.81 bits per heavy atom. The summed E-state index contributed by atoms with van der Waals surface area (Å²) in [5.74, 6) is 0.731. The van der Waals surface area contributed by atoms with Gasteiger partial charge >= 0.3 is 0 Å². The summed E-state index contributed by atoms with van der Waals surface area (Å²) >= 11 is 3.24. The summed E-state index contributed by atoms with van der Waals surface area (Å²) in [5, 5.41) is 7.64. The molecule has 2 heterocycles. The summed E-state index contributed by atoms with van der Waals surface area (Å²) in [5.41, 5.74) is 3.07. The zero-order chi connectivity index (χ0) is 22.9. The third kappa shape index (κ3) is 5.13. The number of rotatable bonds is 5. The van der Waals surface area contributed by atoms with Gasteiger partial charge in [0.15, 0.2) is 0 Å². The van der Waals surface area contributed by atoms with Crippen molar-refractivity contribution in [3.8, 4) is 0 Å². The second-order valence-corrected chi connectivity index (χ2v) is 11.3. The highest BCUT2D eigenvalue weighted by atomic mass is 32.2. The maximum absolute atomic E-state index is 12.5. The maximum Gasteiger partial charge on any atom is 0.234 e. The van der Waals surface area contributed by atoms with Crippen LogP contribution in [0.1, 0.15) is 44.6 Å². The van der Waals surface area contributed by atoms with Gasteiger partial charge in [-0.2, -0.15) is 0 Å². The van der Waals surface area contributed by atoms with E-state index in [-0.39, 0.29) is 17.6 Å². The molecule has 0 bridgehead atoms. The number of carbonyl (C=O) groups excluding carboxylic acids is 2. The molecule has 0 spiro atoms. The topological polar surface area (TPSA) is 84.0 Å². The van der Waals surface area contributed by atoms with E-state index in [1.54, 1.807) is 41.9 Å². The molecular weight excluding hydrogens is 440 g/mol. The number of nitrogens with zero attached hydrogens (tertiary/aromatic N) is 2. The van der Waals surface area contributed by atoms with Crippen LogP contribution < -0.4 is 10.6 Å². The molecule has 1 atom stereocenters. The summed E-state index contributed by atoms with van der Waals surface area (Å²) in [6.45, 7) is 8.43. The molecule has 0 saturated carbocycles. The van der Waals surface area contributed by atoms with Gasteiger partial charge in [0.2, 0.25) is 11.8 Å². The van der Waals surface area contributed by atoms with Gasteiger partial charge in [-0.1, -0.05) is 32.5 Å². The minimum Gasteiger partial charge on any atom is -0.326 e. The molecule has 0 saturated heterocycles. The number of carbonyl (C=O) groups is 2. The molecule has 0 unspecified atom stereocenters. The second-order valence-electron chi connectivity index (χ2n) is 9.26. The number of aryl methyl sites for hydroxylation is 1. The SMILES string of the molecule is CC(=O)Nc1ccc(NC(=O)CSc2ncnc3sc4c(c23)CC[C@H](C(C)(C)C)C4)cc1. The van der Waals surface area contributed by atoms with Gasteiger partial charge in [-0.05, 0) is 60.4 Å². The molecule has 2 aromatic heterocycles. The average Bonchev–Trinajstić information content (AvgIpc) is 3.11. The number of hydrogen-bond acceptors (Lipinski definition) is 6. The quantitative estimate of drug-likeness (QED) is 0.380. The fourth-order valence-electron chi connectivity index (χ4n) is 4.10. The molecule has 32 heavy (non-hydrogen) atoms. The minimum absolute atomic E-state index is 0.0917. The van der Waals surface area contributed by atoms with Crippen LogP contribution in [-0.4, -0.2) is 27.5 Å². The predicted octanol–water partition coefficient (Wildman–Crippen LogP) is 5.53. The summed E-state index contributed by atoms with van der Waals surface area (Å²) in [4.78, 5) is 35.1. The fraction of sp³-hybridized carbons (Fsp3) is 0.417. The van der Waals surface area contributed by atoms with Crippen LogP contribution in [0.15, 0.2) is 35.6 Å². The van der Waals surface area contributed by atoms with E-state index in [0.717, 1.165) is 28.1 Å². The predicted molar refractivity (Wildman–Crippen MR) is 132 cm³/mol. The van der Waals surface area contributed by atoms with Gasteiger partial charge in [0.25, 0.3) is 0 Å². The first-order chi connectivity index (χ1) is 15.2. The van der Waals surface area contributed by atoms with Gasteiger partial charge in [0, 0.05) is 28.6 Å². The van der Waals surface area contributed by atoms with Crippen molar-refractivity contribution in [2.75, 3.05) is 16.4 Å². The molecule has 4 rings (SSSR count). The number of hydrogen-bond donors (Lipinski definition) is 2. The number of amides is 2. The third-order valence-electron chi connectivity index (χ3n) is 5.86. The lowest BCUT2D eigenvalue weighted by Crippen LogP contribution is -2.26. The van der Waals surface area contributed by atoms with Gasteiger partial charge in [0.05, 0.1) is 5.75 Å². The monoisotopic (exact) mass is 468 g/mol. The first kappa shape index (κ1) is 22.7. The van der Waals surface area contributed by atoms with Crippen LogP contribution in [0, 0.1) is 11.3 Å². The van der Waals surface area contributed by atoms with E-state index < -0.39 is 0 Å². The summed E-state index contributed by atoms with van der Waals surface area (Å²) in [6, 6.07) is 7.08. The van der Waals surface area contributed by atoms with E-state index in [4.69, 9.17) is 0 Å². The van der Waals surface area contributed by atoms with Gasteiger partial charge in [0.1, 0.15) is 16.2 Å². The van der Waals surface area contributed by atoms with Crippen molar-refractivity contribution in [1.29, 1.82) is 0 Å². The highest BCUT2D eigenvalue weighted by Gasteiger charge is 2.31. The lowest BCUT2D eigenvalue weighted by molar-refractivity contribution is -0.114. The average molecular weight is 469 g/mol. The Morgan fingerprint density at radius 1 is 1.12 bits per heavy atom. The Kier molecular flexibility index (Phi) is 6.53. The van der Waals surface area contributed by atoms with Crippen LogP contribution in [-0.2, 0) is 22.4 Å². The number of fused-ring (bicyclic) bond motifs is 3. The van der Waals surface area contributed by atoms with Gasteiger partial charge < -0.3 is 10.6 Å². The Morgan fingerprint density at radius 3 is 2.47 bits per heavy atom. The van der Waals surface area contributed by atoms with E-state index in [0.29, 0.717) is 22.7 Å². The molecule has 2 amide bonds. The summed E-state index contributed by atoms with van der Waals surface area (Å²) < 4.78 is 0. The largest absolute Gasteiger partial charge is 0.326 e. The number of thiophene rings is 1.